The van der Waals surface area contributed by atoms with Crippen molar-refractivity contribution in [2.45, 2.75) is 32.7 Å². The van der Waals surface area contributed by atoms with Crippen molar-refractivity contribution in [1.29, 1.82) is 0 Å². The number of hydrogen-bond acceptors (Lipinski definition) is 3. The normalized spacial score (nSPS) is 11.5. The third-order valence-electron chi connectivity index (χ3n) is 4.81. The first-order valence-electron chi connectivity index (χ1n) is 9.85. The summed E-state index contributed by atoms with van der Waals surface area (Å²) in [4.78, 5) is 19.3. The van der Waals surface area contributed by atoms with E-state index in [0.717, 1.165) is 29.1 Å². The Kier molecular flexibility index (Phi) is 6.14. The van der Waals surface area contributed by atoms with E-state index in [2.05, 4.69) is 54.2 Å². The Labute approximate surface area is 173 Å². The fourth-order valence-corrected chi connectivity index (χ4v) is 3.20. The summed E-state index contributed by atoms with van der Waals surface area (Å²) < 4.78 is 0. The van der Waals surface area contributed by atoms with Crippen molar-refractivity contribution in [3.8, 4) is 11.3 Å². The highest BCUT2D eigenvalue weighted by Gasteiger charge is 2.14. The van der Waals surface area contributed by atoms with Crippen molar-refractivity contribution in [2.24, 2.45) is 0 Å². The molecule has 0 unspecified atom stereocenters. The Balaban J connectivity index is 1.74. The minimum atomic E-state index is -0.116. The minimum Gasteiger partial charge on any atom is -0.322 e. The van der Waals surface area contributed by atoms with Crippen molar-refractivity contribution in [2.75, 3.05) is 19.4 Å². The van der Waals surface area contributed by atoms with Gasteiger partial charge >= 0.3 is 0 Å². The lowest BCUT2D eigenvalue weighted by Crippen LogP contribution is -2.13. The molecule has 0 bridgehead atoms. The molecule has 0 aliphatic carbocycles. The number of anilines is 1. The molecule has 29 heavy (non-hydrogen) atoms. The van der Waals surface area contributed by atoms with Gasteiger partial charge in [0.1, 0.15) is 0 Å². The van der Waals surface area contributed by atoms with Gasteiger partial charge in [0.15, 0.2) is 0 Å². The van der Waals surface area contributed by atoms with Crippen LogP contribution in [0.25, 0.3) is 11.3 Å². The van der Waals surface area contributed by atoms with E-state index in [1.165, 1.54) is 5.56 Å². The van der Waals surface area contributed by atoms with Crippen molar-refractivity contribution >= 4 is 11.6 Å². The largest absolute Gasteiger partial charge is 0.322 e. The zero-order chi connectivity index (χ0) is 21.0. The molecule has 4 nitrogen and oxygen atoms in total. The molecule has 1 amide bonds. The molecule has 2 aromatic carbocycles. The Bertz CT molecular complexity index is 968. The Hall–Kier alpha value is -2.98. The molecule has 3 rings (SSSR count). The van der Waals surface area contributed by atoms with Crippen molar-refractivity contribution in [1.82, 2.24) is 9.88 Å². The van der Waals surface area contributed by atoms with Crippen LogP contribution in [-0.2, 0) is 12.0 Å². The summed E-state index contributed by atoms with van der Waals surface area (Å²) in [6, 6.07) is 19.7. The highest BCUT2D eigenvalue weighted by atomic mass is 16.1. The number of carbonyl (C=O) groups is 1. The molecule has 0 aliphatic rings. The molecular weight excluding hydrogens is 358 g/mol. The first-order valence-corrected chi connectivity index (χ1v) is 9.85. The fourth-order valence-electron chi connectivity index (χ4n) is 3.20. The third-order valence-corrected chi connectivity index (χ3v) is 4.81. The Morgan fingerprint density at radius 1 is 0.966 bits per heavy atom. The summed E-state index contributed by atoms with van der Waals surface area (Å²) >= 11 is 0. The lowest BCUT2D eigenvalue weighted by atomic mass is 9.87. The molecule has 4 heteroatoms. The molecular formula is C25H29N3O. The van der Waals surface area contributed by atoms with Gasteiger partial charge in [-0.1, -0.05) is 51.1 Å². The predicted octanol–water partition coefficient (Wildman–Crippen LogP) is 5.36. The lowest BCUT2D eigenvalue weighted by molar-refractivity contribution is 0.102. The first-order chi connectivity index (χ1) is 13.7. The monoisotopic (exact) mass is 387 g/mol. The van der Waals surface area contributed by atoms with Gasteiger partial charge in [0.25, 0.3) is 5.91 Å². The zero-order valence-corrected chi connectivity index (χ0v) is 17.9. The van der Waals surface area contributed by atoms with Gasteiger partial charge in [-0.2, -0.15) is 0 Å². The average molecular weight is 388 g/mol. The second kappa shape index (κ2) is 8.58. The van der Waals surface area contributed by atoms with Gasteiger partial charge in [-0.15, -0.1) is 0 Å². The van der Waals surface area contributed by atoms with Crippen LogP contribution in [0.3, 0.4) is 0 Å². The molecule has 0 fully saturated rings. The molecule has 1 heterocycles. The number of rotatable bonds is 5. The maximum absolute atomic E-state index is 12.6. The molecule has 150 valence electrons. The fraction of sp³-hybridized carbons (Fsp3) is 0.280. The SMILES string of the molecule is CN(C)Cc1cccnc1-c1ccc(C(=O)Nc2ccc(C(C)(C)C)cc2)cc1. The molecule has 0 spiro atoms. The molecule has 1 N–H and O–H groups in total. The maximum atomic E-state index is 12.6. The van der Waals surface area contributed by atoms with Crippen molar-refractivity contribution in [3.05, 3.63) is 83.6 Å². The summed E-state index contributed by atoms with van der Waals surface area (Å²) in [5.41, 5.74) is 5.87. The van der Waals surface area contributed by atoms with E-state index in [9.17, 15) is 4.79 Å². The van der Waals surface area contributed by atoms with Crippen LogP contribution in [0.4, 0.5) is 5.69 Å². The summed E-state index contributed by atoms with van der Waals surface area (Å²) in [5.74, 6) is -0.116. The van der Waals surface area contributed by atoms with Crippen LogP contribution in [0.1, 0.15) is 42.3 Å². The second-order valence-electron chi connectivity index (χ2n) is 8.61. The number of carbonyl (C=O) groups excluding carboxylic acids is 1. The number of hydrogen-bond donors (Lipinski definition) is 1. The Morgan fingerprint density at radius 2 is 1.62 bits per heavy atom. The third kappa shape index (κ3) is 5.30. The molecule has 0 radical (unpaired) electrons. The van der Waals surface area contributed by atoms with Gasteiger partial charge in [-0.05, 0) is 61.0 Å². The molecule has 3 aromatic rings. The number of pyridine rings is 1. The van der Waals surface area contributed by atoms with Gasteiger partial charge < -0.3 is 10.2 Å². The Morgan fingerprint density at radius 3 is 2.21 bits per heavy atom. The summed E-state index contributed by atoms with van der Waals surface area (Å²) in [6.07, 6.45) is 1.80. The van der Waals surface area contributed by atoms with Crippen LogP contribution >= 0.6 is 0 Å². The van der Waals surface area contributed by atoms with E-state index in [0.29, 0.717) is 5.56 Å². The van der Waals surface area contributed by atoms with E-state index in [4.69, 9.17) is 0 Å². The van der Waals surface area contributed by atoms with E-state index in [1.807, 2.05) is 56.6 Å². The summed E-state index contributed by atoms with van der Waals surface area (Å²) in [6.45, 7) is 7.34. The topological polar surface area (TPSA) is 45.2 Å². The number of benzene rings is 2. The van der Waals surface area contributed by atoms with Crippen molar-refractivity contribution < 1.29 is 4.79 Å². The maximum Gasteiger partial charge on any atom is 0.255 e. The summed E-state index contributed by atoms with van der Waals surface area (Å²) in [5, 5.41) is 2.97. The van der Waals surface area contributed by atoms with Crippen molar-refractivity contribution in [3.63, 3.8) is 0 Å². The predicted molar refractivity (Wildman–Crippen MR) is 120 cm³/mol. The van der Waals surface area contributed by atoms with Crippen LogP contribution in [0.5, 0.6) is 0 Å². The van der Waals surface area contributed by atoms with E-state index < -0.39 is 0 Å². The molecule has 0 atom stereocenters. The number of amides is 1. The van der Waals surface area contributed by atoms with Gasteiger partial charge in [-0.25, -0.2) is 0 Å². The van der Waals surface area contributed by atoms with E-state index >= 15 is 0 Å². The highest BCUT2D eigenvalue weighted by Crippen LogP contribution is 2.25. The first kappa shape index (κ1) is 20.7. The highest BCUT2D eigenvalue weighted by molar-refractivity contribution is 6.04. The second-order valence-corrected chi connectivity index (χ2v) is 8.61. The average Bonchev–Trinajstić information content (AvgIpc) is 2.68. The number of aromatic nitrogens is 1. The molecule has 0 saturated carbocycles. The van der Waals surface area contributed by atoms with Crippen LogP contribution in [0, 0.1) is 0 Å². The van der Waals surface area contributed by atoms with Gasteiger partial charge in [-0.3, -0.25) is 9.78 Å². The minimum absolute atomic E-state index is 0.0925. The number of nitrogens with zero attached hydrogens (tertiary/aromatic N) is 2. The number of nitrogens with one attached hydrogen (secondary N) is 1. The van der Waals surface area contributed by atoms with Crippen LogP contribution in [-0.4, -0.2) is 29.9 Å². The molecule has 0 aliphatic heterocycles. The standard InChI is InChI=1S/C25H29N3O/c1-25(2,3)21-12-14-22(15-13-21)27-24(29)19-10-8-18(9-11-19)23-20(17-28(4)5)7-6-16-26-23/h6-16H,17H2,1-5H3,(H,27,29). The van der Waals surface area contributed by atoms with Crippen LogP contribution in [0.2, 0.25) is 0 Å². The van der Waals surface area contributed by atoms with Gasteiger partial charge in [0.05, 0.1) is 5.69 Å². The van der Waals surface area contributed by atoms with E-state index in [-0.39, 0.29) is 11.3 Å². The smallest absolute Gasteiger partial charge is 0.255 e. The van der Waals surface area contributed by atoms with Crippen LogP contribution in [0.15, 0.2) is 66.9 Å². The van der Waals surface area contributed by atoms with Gasteiger partial charge in [0, 0.05) is 29.6 Å². The molecule has 0 saturated heterocycles. The molecule has 1 aromatic heterocycles. The zero-order valence-electron chi connectivity index (χ0n) is 17.9. The lowest BCUT2D eigenvalue weighted by Gasteiger charge is -2.19. The van der Waals surface area contributed by atoms with E-state index in [1.54, 1.807) is 6.20 Å². The quantitative estimate of drug-likeness (QED) is 0.641. The summed E-state index contributed by atoms with van der Waals surface area (Å²) in [7, 11) is 4.08. The van der Waals surface area contributed by atoms with Gasteiger partial charge in [0.2, 0.25) is 0 Å². The van der Waals surface area contributed by atoms with Crippen LogP contribution < -0.4 is 5.32 Å².